The van der Waals surface area contributed by atoms with Crippen molar-refractivity contribution in [2.75, 3.05) is 19.9 Å². The number of ether oxygens (including phenoxy) is 2. The Labute approximate surface area is 197 Å². The van der Waals surface area contributed by atoms with Crippen LogP contribution in [0.3, 0.4) is 0 Å². The number of aromatic nitrogens is 5. The van der Waals surface area contributed by atoms with Crippen LogP contribution in [0.25, 0.3) is 10.9 Å². The topological polar surface area (TPSA) is 118 Å². The summed E-state index contributed by atoms with van der Waals surface area (Å²) in [5.74, 6) is 2.28. The van der Waals surface area contributed by atoms with Crippen molar-refractivity contribution in [3.63, 3.8) is 0 Å². The van der Waals surface area contributed by atoms with Crippen molar-refractivity contribution < 1.29 is 14.6 Å². The summed E-state index contributed by atoms with van der Waals surface area (Å²) in [4.78, 5) is 18.1. The molecule has 1 unspecified atom stereocenters. The fourth-order valence-corrected chi connectivity index (χ4v) is 5.29. The quantitative estimate of drug-likeness (QED) is 0.518. The molecule has 10 heteroatoms. The first-order valence-corrected chi connectivity index (χ1v) is 12.1. The number of aromatic amines is 1. The lowest BCUT2D eigenvalue weighted by Crippen LogP contribution is -2.37. The number of nitrogens with one attached hydrogen (secondary N) is 1. The molecule has 3 aromatic rings. The normalized spacial score (nSPS) is 17.2. The molecule has 5 rings (SSSR count). The average molecular weight is 469 g/mol. The van der Waals surface area contributed by atoms with Crippen molar-refractivity contribution in [1.29, 1.82) is 0 Å². The number of hydrogen-bond donors (Lipinski definition) is 2. The zero-order valence-corrected chi connectivity index (χ0v) is 19.7. The fourth-order valence-electron chi connectivity index (χ4n) is 5.29. The lowest BCUT2D eigenvalue weighted by molar-refractivity contribution is 0.103. The number of benzene rings is 1. The molecule has 0 spiro atoms. The first-order valence-electron chi connectivity index (χ1n) is 12.1. The number of rotatable bonds is 8. The lowest BCUT2D eigenvalue weighted by atomic mass is 9.94. The molecule has 10 nitrogen and oxygen atoms in total. The maximum atomic E-state index is 13.0. The van der Waals surface area contributed by atoms with Gasteiger partial charge in [-0.1, -0.05) is 33.1 Å². The molecule has 1 fully saturated rings. The number of fused-ring (bicyclic) bond motifs is 2. The number of hydrogen-bond acceptors (Lipinski definition) is 8. The molecular weight excluding hydrogens is 436 g/mol. The molecule has 1 aromatic carbocycles. The van der Waals surface area contributed by atoms with Gasteiger partial charge in [0.15, 0.2) is 17.3 Å². The molecule has 0 bridgehead atoms. The largest absolute Gasteiger partial charge is 0.454 e. The number of aliphatic hydroxyl groups excluding tert-OH is 1. The van der Waals surface area contributed by atoms with E-state index in [9.17, 15) is 9.90 Å². The first kappa shape index (κ1) is 22.8. The van der Waals surface area contributed by atoms with E-state index in [1.165, 1.54) is 19.3 Å². The Morgan fingerprint density at radius 3 is 2.68 bits per heavy atom. The summed E-state index contributed by atoms with van der Waals surface area (Å²) in [5, 5.41) is 23.6. The highest BCUT2D eigenvalue weighted by Gasteiger charge is 2.32. The first-order chi connectivity index (χ1) is 16.5. The number of aliphatic hydroxyl groups is 1. The molecule has 1 aliphatic heterocycles. The fraction of sp³-hybridized carbons (Fsp3) is 0.583. The Kier molecular flexibility index (Phi) is 6.51. The summed E-state index contributed by atoms with van der Waals surface area (Å²) in [6, 6.07) is 5.73. The summed E-state index contributed by atoms with van der Waals surface area (Å²) >= 11 is 0. The predicted molar refractivity (Wildman–Crippen MR) is 126 cm³/mol. The standard InChI is InChI=1S/C24H32N6O4/c1-15(2)22(23-26-27-28-30(23)18-6-4-3-5-7-18)29(8-9-31)13-17-10-16-11-20-21(34-14-33-20)12-19(16)25-24(17)32/h10-12,15,18,22,31H,3-9,13-14H2,1-2H3,(H,25,32). The van der Waals surface area contributed by atoms with Gasteiger partial charge >= 0.3 is 0 Å². The van der Waals surface area contributed by atoms with Gasteiger partial charge in [-0.3, -0.25) is 9.69 Å². The van der Waals surface area contributed by atoms with Crippen LogP contribution in [0.1, 0.15) is 69.4 Å². The van der Waals surface area contributed by atoms with Gasteiger partial charge < -0.3 is 19.6 Å². The van der Waals surface area contributed by atoms with E-state index in [1.54, 1.807) is 6.07 Å². The van der Waals surface area contributed by atoms with Gasteiger partial charge in [0, 0.05) is 30.1 Å². The van der Waals surface area contributed by atoms with Crippen molar-refractivity contribution in [3.8, 4) is 11.5 Å². The van der Waals surface area contributed by atoms with Crippen LogP contribution in [-0.2, 0) is 6.54 Å². The minimum absolute atomic E-state index is 0.0294. The van der Waals surface area contributed by atoms with E-state index in [2.05, 4.69) is 39.3 Å². The highest BCUT2D eigenvalue weighted by molar-refractivity contribution is 5.83. The van der Waals surface area contributed by atoms with Crippen LogP contribution < -0.4 is 15.0 Å². The molecule has 1 saturated carbocycles. The van der Waals surface area contributed by atoms with E-state index in [0.717, 1.165) is 24.1 Å². The minimum Gasteiger partial charge on any atom is -0.454 e. The third-order valence-corrected chi connectivity index (χ3v) is 6.90. The van der Waals surface area contributed by atoms with E-state index in [-0.39, 0.29) is 30.9 Å². The van der Waals surface area contributed by atoms with E-state index < -0.39 is 0 Å². The number of H-pyrrole nitrogens is 1. The van der Waals surface area contributed by atoms with Crippen molar-refractivity contribution >= 4 is 10.9 Å². The summed E-state index contributed by atoms with van der Waals surface area (Å²) in [6.45, 7) is 5.16. The molecule has 0 radical (unpaired) electrons. The molecule has 1 atom stereocenters. The molecule has 34 heavy (non-hydrogen) atoms. The van der Waals surface area contributed by atoms with E-state index in [0.29, 0.717) is 41.7 Å². The number of nitrogens with zero attached hydrogens (tertiary/aromatic N) is 5. The predicted octanol–water partition coefficient (Wildman–Crippen LogP) is 2.94. The Morgan fingerprint density at radius 2 is 1.94 bits per heavy atom. The van der Waals surface area contributed by atoms with Crippen molar-refractivity contribution in [1.82, 2.24) is 30.1 Å². The van der Waals surface area contributed by atoms with Gasteiger partial charge in [-0.05, 0) is 41.3 Å². The SMILES string of the molecule is CC(C)C(c1nnnn1C1CCCCC1)N(CCO)Cc1cc2cc3c(cc2[nH]c1=O)OCO3. The second-order valence-electron chi connectivity index (χ2n) is 9.57. The summed E-state index contributed by atoms with van der Waals surface area (Å²) < 4.78 is 12.9. The van der Waals surface area contributed by atoms with Gasteiger partial charge in [0.1, 0.15) is 0 Å². The summed E-state index contributed by atoms with van der Waals surface area (Å²) in [5.41, 5.74) is 1.15. The van der Waals surface area contributed by atoms with Crippen LogP contribution in [0, 0.1) is 5.92 Å². The van der Waals surface area contributed by atoms with Crippen molar-refractivity contribution in [2.24, 2.45) is 5.92 Å². The lowest BCUT2D eigenvalue weighted by Gasteiger charge is -2.34. The number of pyridine rings is 1. The monoisotopic (exact) mass is 468 g/mol. The Morgan fingerprint density at radius 1 is 1.18 bits per heavy atom. The molecule has 182 valence electrons. The molecule has 2 aromatic heterocycles. The second-order valence-corrected chi connectivity index (χ2v) is 9.57. The van der Waals surface area contributed by atoms with E-state index >= 15 is 0 Å². The van der Waals surface area contributed by atoms with Crippen molar-refractivity contribution in [2.45, 2.75) is 64.6 Å². The van der Waals surface area contributed by atoms with Gasteiger partial charge in [0.2, 0.25) is 6.79 Å². The van der Waals surface area contributed by atoms with E-state index in [1.807, 2.05) is 16.8 Å². The Hall–Kier alpha value is -2.98. The zero-order chi connectivity index (χ0) is 23.7. The third kappa shape index (κ3) is 4.39. The zero-order valence-electron chi connectivity index (χ0n) is 19.7. The van der Waals surface area contributed by atoms with Crippen LogP contribution in [-0.4, -0.2) is 55.1 Å². The van der Waals surface area contributed by atoms with Crippen LogP contribution in [0.2, 0.25) is 0 Å². The summed E-state index contributed by atoms with van der Waals surface area (Å²) in [6.07, 6.45) is 5.76. The van der Waals surface area contributed by atoms with Gasteiger partial charge in [-0.25, -0.2) is 4.68 Å². The molecule has 0 amide bonds. The molecule has 2 aliphatic rings. The van der Waals surface area contributed by atoms with Gasteiger partial charge in [-0.2, -0.15) is 0 Å². The molecule has 0 saturated heterocycles. The molecule has 3 heterocycles. The maximum absolute atomic E-state index is 13.0. The summed E-state index contributed by atoms with van der Waals surface area (Å²) in [7, 11) is 0. The highest BCUT2D eigenvalue weighted by Crippen LogP contribution is 2.36. The third-order valence-electron chi connectivity index (χ3n) is 6.90. The highest BCUT2D eigenvalue weighted by atomic mass is 16.7. The molecular formula is C24H32N6O4. The van der Waals surface area contributed by atoms with Crippen LogP contribution in [0.15, 0.2) is 23.0 Å². The smallest absolute Gasteiger partial charge is 0.252 e. The van der Waals surface area contributed by atoms with Gasteiger partial charge in [0.05, 0.1) is 24.2 Å². The van der Waals surface area contributed by atoms with Crippen molar-refractivity contribution in [3.05, 3.63) is 39.9 Å². The van der Waals surface area contributed by atoms with Crippen LogP contribution in [0.5, 0.6) is 11.5 Å². The minimum atomic E-state index is -0.163. The molecule has 1 aliphatic carbocycles. The second kappa shape index (κ2) is 9.71. The Bertz CT molecular complexity index is 1200. The average Bonchev–Trinajstić information content (AvgIpc) is 3.48. The Balaban J connectivity index is 1.49. The maximum Gasteiger partial charge on any atom is 0.252 e. The van der Waals surface area contributed by atoms with Crippen LogP contribution in [0.4, 0.5) is 0 Å². The van der Waals surface area contributed by atoms with Crippen LogP contribution >= 0.6 is 0 Å². The number of tetrazole rings is 1. The van der Waals surface area contributed by atoms with E-state index in [4.69, 9.17) is 9.47 Å². The van der Waals surface area contributed by atoms with Gasteiger partial charge in [-0.15, -0.1) is 5.10 Å². The van der Waals surface area contributed by atoms with Gasteiger partial charge in [0.25, 0.3) is 5.56 Å². The molecule has 2 N–H and O–H groups in total.